The van der Waals surface area contributed by atoms with Crippen LogP contribution in [-0.2, 0) is 4.74 Å². The van der Waals surface area contributed by atoms with E-state index in [0.717, 1.165) is 25.3 Å². The van der Waals surface area contributed by atoms with E-state index in [1.807, 2.05) is 11.8 Å². The lowest BCUT2D eigenvalue weighted by atomic mass is 10.2. The van der Waals surface area contributed by atoms with Gasteiger partial charge in [-0.05, 0) is 13.3 Å². The molecule has 0 aromatic carbocycles. The molecule has 0 atom stereocenters. The van der Waals surface area contributed by atoms with Gasteiger partial charge in [0.25, 0.3) is 5.91 Å². The lowest BCUT2D eigenvalue weighted by Crippen LogP contribution is -2.33. The highest BCUT2D eigenvalue weighted by atomic mass is 16.5. The maximum atomic E-state index is 12.0. The van der Waals surface area contributed by atoms with Crippen LogP contribution in [-0.4, -0.2) is 47.3 Å². The summed E-state index contributed by atoms with van der Waals surface area (Å²) in [6, 6.07) is 0. The van der Waals surface area contributed by atoms with Crippen LogP contribution < -0.4 is 0 Å². The first-order chi connectivity index (χ1) is 7.29. The number of amides is 1. The van der Waals surface area contributed by atoms with Crippen LogP contribution in [0.5, 0.6) is 0 Å². The van der Waals surface area contributed by atoms with E-state index in [4.69, 9.17) is 4.74 Å². The van der Waals surface area contributed by atoms with E-state index in [2.05, 4.69) is 10.2 Å². The van der Waals surface area contributed by atoms with Gasteiger partial charge in [0, 0.05) is 25.4 Å². The molecule has 1 saturated heterocycles. The highest BCUT2D eigenvalue weighted by Crippen LogP contribution is 2.09. The molecular formula is C10H15N3O2. The number of nitrogens with zero attached hydrogens (tertiary/aromatic N) is 2. The van der Waals surface area contributed by atoms with Gasteiger partial charge < -0.3 is 9.64 Å². The number of nitrogens with one attached hydrogen (secondary N) is 1. The zero-order chi connectivity index (χ0) is 10.7. The fourth-order valence-electron chi connectivity index (χ4n) is 1.69. The smallest absolute Gasteiger partial charge is 0.257 e. The molecular weight excluding hydrogens is 194 g/mol. The Morgan fingerprint density at radius 2 is 2.40 bits per heavy atom. The fraction of sp³-hybridized carbons (Fsp3) is 0.600. The third-order valence-corrected chi connectivity index (χ3v) is 2.57. The third kappa shape index (κ3) is 2.18. The van der Waals surface area contributed by atoms with Crippen molar-refractivity contribution in [2.24, 2.45) is 0 Å². The van der Waals surface area contributed by atoms with Crippen LogP contribution in [0.3, 0.4) is 0 Å². The van der Waals surface area contributed by atoms with Crippen LogP contribution in [0.15, 0.2) is 6.20 Å². The molecule has 1 aliphatic rings. The van der Waals surface area contributed by atoms with Crippen LogP contribution in [0.25, 0.3) is 0 Å². The summed E-state index contributed by atoms with van der Waals surface area (Å²) in [5.74, 6) is 0.0479. The minimum Gasteiger partial charge on any atom is -0.380 e. The molecule has 0 aliphatic carbocycles. The normalized spacial score (nSPS) is 17.5. The molecule has 15 heavy (non-hydrogen) atoms. The second kappa shape index (κ2) is 4.44. The number of hydrogen-bond acceptors (Lipinski definition) is 3. The van der Waals surface area contributed by atoms with Gasteiger partial charge in [0.05, 0.1) is 18.4 Å². The first kappa shape index (κ1) is 10.2. The van der Waals surface area contributed by atoms with Crippen molar-refractivity contribution >= 4 is 5.91 Å². The van der Waals surface area contributed by atoms with Crippen molar-refractivity contribution in [3.63, 3.8) is 0 Å². The molecule has 82 valence electrons. The molecule has 5 nitrogen and oxygen atoms in total. The molecule has 0 bridgehead atoms. The maximum absolute atomic E-state index is 12.0. The first-order valence-electron chi connectivity index (χ1n) is 5.16. The highest BCUT2D eigenvalue weighted by molar-refractivity contribution is 5.95. The maximum Gasteiger partial charge on any atom is 0.257 e. The van der Waals surface area contributed by atoms with Gasteiger partial charge >= 0.3 is 0 Å². The molecule has 1 aromatic rings. The average Bonchev–Trinajstić information content (AvgIpc) is 2.53. The van der Waals surface area contributed by atoms with Gasteiger partial charge in [-0.3, -0.25) is 9.89 Å². The molecule has 2 rings (SSSR count). The van der Waals surface area contributed by atoms with Crippen molar-refractivity contribution < 1.29 is 9.53 Å². The predicted octanol–water partition coefficient (Wildman–Crippen LogP) is 0.581. The van der Waals surface area contributed by atoms with E-state index in [-0.39, 0.29) is 5.91 Å². The number of aromatic amines is 1. The predicted molar refractivity (Wildman–Crippen MR) is 54.7 cm³/mol. The summed E-state index contributed by atoms with van der Waals surface area (Å²) in [5, 5.41) is 6.63. The topological polar surface area (TPSA) is 58.2 Å². The summed E-state index contributed by atoms with van der Waals surface area (Å²) in [6.07, 6.45) is 2.49. The summed E-state index contributed by atoms with van der Waals surface area (Å²) in [4.78, 5) is 13.9. The molecule has 2 heterocycles. The second-order valence-corrected chi connectivity index (χ2v) is 3.67. The van der Waals surface area contributed by atoms with Crippen LogP contribution in [0.2, 0.25) is 0 Å². The zero-order valence-corrected chi connectivity index (χ0v) is 8.82. The molecule has 1 aliphatic heterocycles. The minimum atomic E-state index is 0.0479. The number of carbonyl (C=O) groups excluding carboxylic acids is 1. The van der Waals surface area contributed by atoms with Crippen molar-refractivity contribution in [1.29, 1.82) is 0 Å². The summed E-state index contributed by atoms with van der Waals surface area (Å²) in [7, 11) is 0. The average molecular weight is 209 g/mol. The quantitative estimate of drug-likeness (QED) is 0.736. The Kier molecular flexibility index (Phi) is 3.01. The van der Waals surface area contributed by atoms with Crippen LogP contribution in [0.1, 0.15) is 22.5 Å². The summed E-state index contributed by atoms with van der Waals surface area (Å²) in [6.45, 7) is 4.66. The Labute approximate surface area is 88.4 Å². The molecule has 0 spiro atoms. The Morgan fingerprint density at radius 3 is 3.13 bits per heavy atom. The van der Waals surface area contributed by atoms with Crippen molar-refractivity contribution in [2.45, 2.75) is 13.3 Å². The monoisotopic (exact) mass is 209 g/mol. The van der Waals surface area contributed by atoms with E-state index in [1.165, 1.54) is 0 Å². The van der Waals surface area contributed by atoms with Crippen molar-refractivity contribution in [1.82, 2.24) is 15.1 Å². The van der Waals surface area contributed by atoms with Gasteiger partial charge in [-0.25, -0.2) is 0 Å². The van der Waals surface area contributed by atoms with Crippen LogP contribution in [0.4, 0.5) is 0 Å². The van der Waals surface area contributed by atoms with Gasteiger partial charge in [-0.2, -0.15) is 5.10 Å². The number of H-pyrrole nitrogens is 1. The van der Waals surface area contributed by atoms with E-state index in [1.54, 1.807) is 6.20 Å². The standard InChI is InChI=1S/C10H15N3O2/c1-8-9(7-11-12-8)10(14)13-3-2-5-15-6-4-13/h7H,2-6H2,1H3,(H,11,12). The van der Waals surface area contributed by atoms with Crippen LogP contribution in [0, 0.1) is 6.92 Å². The van der Waals surface area contributed by atoms with Gasteiger partial charge in [0.1, 0.15) is 0 Å². The minimum absolute atomic E-state index is 0.0479. The van der Waals surface area contributed by atoms with Crippen molar-refractivity contribution in [2.75, 3.05) is 26.3 Å². The lowest BCUT2D eigenvalue weighted by Gasteiger charge is -2.18. The Morgan fingerprint density at radius 1 is 1.53 bits per heavy atom. The second-order valence-electron chi connectivity index (χ2n) is 3.67. The molecule has 0 saturated carbocycles. The zero-order valence-electron chi connectivity index (χ0n) is 8.82. The Balaban J connectivity index is 2.09. The molecule has 0 unspecified atom stereocenters. The Bertz CT molecular complexity index is 340. The molecule has 1 fully saturated rings. The van der Waals surface area contributed by atoms with Gasteiger partial charge in [0.15, 0.2) is 0 Å². The number of hydrogen-bond donors (Lipinski definition) is 1. The van der Waals surface area contributed by atoms with Gasteiger partial charge in [-0.1, -0.05) is 0 Å². The van der Waals surface area contributed by atoms with Crippen molar-refractivity contribution in [3.05, 3.63) is 17.5 Å². The lowest BCUT2D eigenvalue weighted by molar-refractivity contribution is 0.0740. The van der Waals surface area contributed by atoms with E-state index in [9.17, 15) is 4.79 Å². The third-order valence-electron chi connectivity index (χ3n) is 2.57. The van der Waals surface area contributed by atoms with Gasteiger partial charge in [-0.15, -0.1) is 0 Å². The van der Waals surface area contributed by atoms with E-state index >= 15 is 0 Å². The fourth-order valence-corrected chi connectivity index (χ4v) is 1.69. The van der Waals surface area contributed by atoms with E-state index in [0.29, 0.717) is 18.7 Å². The van der Waals surface area contributed by atoms with Gasteiger partial charge in [0.2, 0.25) is 0 Å². The molecule has 0 radical (unpaired) electrons. The number of aromatic nitrogens is 2. The molecule has 1 aromatic heterocycles. The molecule has 1 amide bonds. The Hall–Kier alpha value is -1.36. The van der Waals surface area contributed by atoms with E-state index < -0.39 is 0 Å². The largest absolute Gasteiger partial charge is 0.380 e. The highest BCUT2D eigenvalue weighted by Gasteiger charge is 2.19. The summed E-state index contributed by atoms with van der Waals surface area (Å²) < 4.78 is 5.31. The number of aryl methyl sites for hydroxylation is 1. The number of rotatable bonds is 1. The first-order valence-corrected chi connectivity index (χ1v) is 5.16. The molecule has 1 N–H and O–H groups in total. The summed E-state index contributed by atoms with van der Waals surface area (Å²) >= 11 is 0. The number of ether oxygens (including phenoxy) is 1. The number of carbonyl (C=O) groups is 1. The summed E-state index contributed by atoms with van der Waals surface area (Å²) in [5.41, 5.74) is 1.49. The molecule has 5 heteroatoms. The SMILES string of the molecule is Cc1[nH]ncc1C(=O)N1CCCOCC1. The van der Waals surface area contributed by atoms with Crippen LogP contribution >= 0.6 is 0 Å². The van der Waals surface area contributed by atoms with Crippen molar-refractivity contribution in [3.8, 4) is 0 Å².